The Morgan fingerprint density at radius 1 is 1.32 bits per heavy atom. The van der Waals surface area contributed by atoms with Crippen LogP contribution in [0, 0.1) is 0 Å². The van der Waals surface area contributed by atoms with Gasteiger partial charge >= 0.3 is 0 Å². The lowest BCUT2D eigenvalue weighted by atomic mass is 10.2. The molecule has 2 rings (SSSR count). The van der Waals surface area contributed by atoms with Crippen molar-refractivity contribution in [3.8, 4) is 11.5 Å². The Kier molecular flexibility index (Phi) is 4.52. The highest BCUT2D eigenvalue weighted by molar-refractivity contribution is 7.98. The summed E-state index contributed by atoms with van der Waals surface area (Å²) in [5, 5.41) is 13.9. The van der Waals surface area contributed by atoms with Crippen molar-refractivity contribution in [3.05, 3.63) is 42.1 Å². The van der Waals surface area contributed by atoms with Gasteiger partial charge in [0, 0.05) is 6.54 Å². The monoisotopic (exact) mass is 276 g/mol. The zero-order chi connectivity index (χ0) is 13.7. The van der Waals surface area contributed by atoms with Crippen LogP contribution in [0.25, 0.3) is 0 Å². The van der Waals surface area contributed by atoms with E-state index in [1.165, 1.54) is 7.11 Å². The molecule has 0 aliphatic heterocycles. The Morgan fingerprint density at radius 3 is 2.74 bits per heavy atom. The number of hydrogen-bond acceptors (Lipinski definition) is 5. The number of methoxy groups -OCH3 is 1. The molecule has 0 amide bonds. The first-order valence-corrected chi connectivity index (χ1v) is 7.05. The average Bonchev–Trinajstić information content (AvgIpc) is 2.46. The highest BCUT2D eigenvalue weighted by Crippen LogP contribution is 2.26. The Balaban J connectivity index is 1.99. The number of ether oxygens (including phenoxy) is 1. The second kappa shape index (κ2) is 6.33. The number of aromatic hydroxyl groups is 1. The SMILES string of the molecule is COc1ccc(CNc2ccc(SC)nc2)cc1O. The van der Waals surface area contributed by atoms with Gasteiger partial charge in [0.25, 0.3) is 0 Å². The van der Waals surface area contributed by atoms with E-state index in [4.69, 9.17) is 4.74 Å². The van der Waals surface area contributed by atoms with Crippen LogP contribution in [-0.2, 0) is 6.54 Å². The Morgan fingerprint density at radius 2 is 2.16 bits per heavy atom. The van der Waals surface area contributed by atoms with Gasteiger partial charge in [-0.3, -0.25) is 0 Å². The smallest absolute Gasteiger partial charge is 0.160 e. The third kappa shape index (κ3) is 3.54. The summed E-state index contributed by atoms with van der Waals surface area (Å²) in [6, 6.07) is 9.31. The van der Waals surface area contributed by atoms with E-state index in [-0.39, 0.29) is 5.75 Å². The number of nitrogens with one attached hydrogen (secondary N) is 1. The predicted molar refractivity (Wildman–Crippen MR) is 78.0 cm³/mol. The molecule has 0 atom stereocenters. The molecular weight excluding hydrogens is 260 g/mol. The summed E-state index contributed by atoms with van der Waals surface area (Å²) in [6.45, 7) is 0.623. The Hall–Kier alpha value is -1.88. The van der Waals surface area contributed by atoms with Crippen molar-refractivity contribution in [2.45, 2.75) is 11.6 Å². The van der Waals surface area contributed by atoms with Gasteiger partial charge in [0.1, 0.15) is 0 Å². The normalized spacial score (nSPS) is 10.2. The van der Waals surface area contributed by atoms with Gasteiger partial charge in [-0.2, -0.15) is 0 Å². The predicted octanol–water partition coefficient (Wildman–Crippen LogP) is 3.13. The number of phenols is 1. The van der Waals surface area contributed by atoms with Crippen LogP contribution in [-0.4, -0.2) is 23.5 Å². The Bertz CT molecular complexity index is 544. The first kappa shape index (κ1) is 13.5. The number of thioether (sulfide) groups is 1. The topological polar surface area (TPSA) is 54.4 Å². The van der Waals surface area contributed by atoms with Crippen LogP contribution >= 0.6 is 11.8 Å². The molecule has 0 spiro atoms. The van der Waals surface area contributed by atoms with Crippen LogP contribution in [0.3, 0.4) is 0 Å². The molecule has 1 aromatic heterocycles. The van der Waals surface area contributed by atoms with Gasteiger partial charge in [-0.25, -0.2) is 4.98 Å². The molecule has 0 aliphatic rings. The zero-order valence-corrected chi connectivity index (χ0v) is 11.7. The maximum Gasteiger partial charge on any atom is 0.160 e. The van der Waals surface area contributed by atoms with Crippen molar-refractivity contribution in [1.82, 2.24) is 4.98 Å². The van der Waals surface area contributed by atoms with E-state index in [2.05, 4.69) is 10.3 Å². The van der Waals surface area contributed by atoms with Crippen molar-refractivity contribution in [2.24, 2.45) is 0 Å². The lowest BCUT2D eigenvalue weighted by molar-refractivity contribution is 0.373. The molecule has 0 aliphatic carbocycles. The molecule has 2 N–H and O–H groups in total. The molecule has 2 aromatic rings. The zero-order valence-electron chi connectivity index (χ0n) is 10.9. The molecular formula is C14H16N2O2S. The van der Waals surface area contributed by atoms with Crippen molar-refractivity contribution in [2.75, 3.05) is 18.7 Å². The van der Waals surface area contributed by atoms with Crippen LogP contribution in [0.15, 0.2) is 41.6 Å². The van der Waals surface area contributed by atoms with Gasteiger partial charge in [0.2, 0.25) is 0 Å². The quantitative estimate of drug-likeness (QED) is 0.822. The number of pyridine rings is 1. The minimum atomic E-state index is 0.151. The van der Waals surface area contributed by atoms with Crippen molar-refractivity contribution >= 4 is 17.4 Å². The van der Waals surface area contributed by atoms with E-state index >= 15 is 0 Å². The van der Waals surface area contributed by atoms with E-state index in [1.54, 1.807) is 30.1 Å². The molecule has 0 unspecified atom stereocenters. The van der Waals surface area contributed by atoms with Gasteiger partial charge in [0.15, 0.2) is 11.5 Å². The summed E-state index contributed by atoms with van der Waals surface area (Å²) in [4.78, 5) is 4.29. The van der Waals surface area contributed by atoms with Gasteiger partial charge < -0.3 is 15.2 Å². The van der Waals surface area contributed by atoms with Crippen LogP contribution in [0.2, 0.25) is 0 Å². The second-order valence-electron chi connectivity index (χ2n) is 3.95. The minimum absolute atomic E-state index is 0.151. The summed E-state index contributed by atoms with van der Waals surface area (Å²) in [6.07, 6.45) is 3.80. The molecule has 4 nitrogen and oxygen atoms in total. The van der Waals surface area contributed by atoms with E-state index in [0.717, 1.165) is 16.3 Å². The number of aromatic nitrogens is 1. The van der Waals surface area contributed by atoms with Gasteiger partial charge in [-0.05, 0) is 36.1 Å². The third-order valence-corrected chi connectivity index (χ3v) is 3.35. The Labute approximate surface area is 116 Å². The fraction of sp³-hybridized carbons (Fsp3) is 0.214. The number of rotatable bonds is 5. The highest BCUT2D eigenvalue weighted by Gasteiger charge is 2.02. The lowest BCUT2D eigenvalue weighted by Gasteiger charge is -2.08. The van der Waals surface area contributed by atoms with Crippen molar-refractivity contribution in [1.29, 1.82) is 0 Å². The summed E-state index contributed by atoms with van der Waals surface area (Å²) in [5.74, 6) is 0.632. The minimum Gasteiger partial charge on any atom is -0.504 e. The summed E-state index contributed by atoms with van der Waals surface area (Å²) in [5.41, 5.74) is 1.93. The summed E-state index contributed by atoms with van der Waals surface area (Å²) in [7, 11) is 1.53. The number of anilines is 1. The largest absolute Gasteiger partial charge is 0.504 e. The van der Waals surface area contributed by atoms with Crippen molar-refractivity contribution in [3.63, 3.8) is 0 Å². The molecule has 0 radical (unpaired) electrons. The molecule has 100 valence electrons. The standard InChI is InChI=1S/C14H16N2O2S/c1-18-13-5-3-10(7-12(13)17)8-15-11-4-6-14(19-2)16-9-11/h3-7,9,15,17H,8H2,1-2H3. The van der Waals surface area contributed by atoms with Crippen LogP contribution in [0.4, 0.5) is 5.69 Å². The summed E-state index contributed by atoms with van der Waals surface area (Å²) >= 11 is 1.61. The fourth-order valence-corrected chi connectivity index (χ4v) is 2.02. The number of nitrogens with zero attached hydrogens (tertiary/aromatic N) is 1. The maximum atomic E-state index is 9.69. The van der Waals surface area contributed by atoms with E-state index in [1.807, 2.05) is 24.5 Å². The molecule has 0 fully saturated rings. The van der Waals surface area contributed by atoms with Crippen LogP contribution < -0.4 is 10.1 Å². The van der Waals surface area contributed by atoms with Gasteiger partial charge in [0.05, 0.1) is 24.0 Å². The lowest BCUT2D eigenvalue weighted by Crippen LogP contribution is -2.00. The van der Waals surface area contributed by atoms with E-state index < -0.39 is 0 Å². The first-order valence-electron chi connectivity index (χ1n) is 5.82. The first-order chi connectivity index (χ1) is 9.22. The van der Waals surface area contributed by atoms with Gasteiger partial charge in [-0.1, -0.05) is 6.07 Å². The van der Waals surface area contributed by atoms with Gasteiger partial charge in [-0.15, -0.1) is 11.8 Å². The molecule has 19 heavy (non-hydrogen) atoms. The van der Waals surface area contributed by atoms with Crippen LogP contribution in [0.5, 0.6) is 11.5 Å². The molecule has 1 heterocycles. The average molecular weight is 276 g/mol. The number of phenolic OH excluding ortho intramolecular Hbond substituents is 1. The van der Waals surface area contributed by atoms with Crippen LogP contribution in [0.1, 0.15) is 5.56 Å². The van der Waals surface area contributed by atoms with E-state index in [0.29, 0.717) is 12.3 Å². The maximum absolute atomic E-state index is 9.69. The number of benzene rings is 1. The summed E-state index contributed by atoms with van der Waals surface area (Å²) < 4.78 is 5.01. The second-order valence-corrected chi connectivity index (χ2v) is 4.78. The molecule has 5 heteroatoms. The fourth-order valence-electron chi connectivity index (χ4n) is 1.66. The molecule has 1 aromatic carbocycles. The number of hydrogen-bond donors (Lipinski definition) is 2. The molecule has 0 saturated heterocycles. The third-order valence-electron chi connectivity index (χ3n) is 2.69. The van der Waals surface area contributed by atoms with E-state index in [9.17, 15) is 5.11 Å². The highest BCUT2D eigenvalue weighted by atomic mass is 32.2. The molecule has 0 saturated carbocycles. The van der Waals surface area contributed by atoms with Crippen molar-refractivity contribution < 1.29 is 9.84 Å². The molecule has 0 bridgehead atoms.